The van der Waals surface area contributed by atoms with Crippen LogP contribution in [0.2, 0.25) is 0 Å². The Bertz CT molecular complexity index is 492. The highest BCUT2D eigenvalue weighted by Gasteiger charge is 2.31. The molecule has 1 unspecified atom stereocenters. The normalized spacial score (nSPS) is 19.4. The Morgan fingerprint density at radius 3 is 2.80 bits per heavy atom. The maximum atomic E-state index is 12.7. The third-order valence-electron chi connectivity index (χ3n) is 3.03. The summed E-state index contributed by atoms with van der Waals surface area (Å²) in [4.78, 5) is 23.9. The lowest BCUT2D eigenvalue weighted by Crippen LogP contribution is -2.58. The molecule has 1 fully saturated rings. The molecule has 0 radical (unpaired) electrons. The van der Waals surface area contributed by atoms with Crippen LogP contribution in [0.5, 0.6) is 5.75 Å². The number of rotatable bonds is 5. The van der Waals surface area contributed by atoms with Crippen molar-refractivity contribution >= 4 is 11.9 Å². The molecule has 0 bridgehead atoms. The van der Waals surface area contributed by atoms with Crippen molar-refractivity contribution in [2.24, 2.45) is 0 Å². The lowest BCUT2D eigenvalue weighted by atomic mass is 10.2. The fraction of sp³-hybridized carbons (Fsp3) is 0.385. The first kappa shape index (κ1) is 14.3. The highest BCUT2D eigenvalue weighted by molar-refractivity contribution is 5.83. The predicted octanol–water partition coefficient (Wildman–Crippen LogP) is 0.0895. The zero-order valence-electron chi connectivity index (χ0n) is 10.7. The minimum absolute atomic E-state index is 0.0315. The van der Waals surface area contributed by atoms with Crippen molar-refractivity contribution in [3.05, 3.63) is 30.1 Å². The summed E-state index contributed by atoms with van der Waals surface area (Å²) >= 11 is 0. The Kier molecular flexibility index (Phi) is 4.52. The fourth-order valence-electron chi connectivity index (χ4n) is 1.98. The van der Waals surface area contributed by atoms with Gasteiger partial charge in [0, 0.05) is 13.1 Å². The number of carboxylic acids is 1. The summed E-state index contributed by atoms with van der Waals surface area (Å²) < 4.78 is 18.1. The second-order valence-corrected chi connectivity index (χ2v) is 4.43. The summed E-state index contributed by atoms with van der Waals surface area (Å²) in [5, 5.41) is 11.6. The van der Waals surface area contributed by atoms with Crippen molar-refractivity contribution in [2.75, 3.05) is 26.2 Å². The molecule has 0 spiro atoms. The number of benzene rings is 1. The van der Waals surface area contributed by atoms with Gasteiger partial charge in [-0.1, -0.05) is 0 Å². The second kappa shape index (κ2) is 6.33. The molecule has 1 aliphatic heterocycles. The van der Waals surface area contributed by atoms with Gasteiger partial charge in [-0.05, 0) is 24.3 Å². The van der Waals surface area contributed by atoms with E-state index < -0.39 is 12.0 Å². The molecule has 0 saturated carbocycles. The Morgan fingerprint density at radius 2 is 2.15 bits per heavy atom. The van der Waals surface area contributed by atoms with Crippen LogP contribution in [-0.4, -0.2) is 54.2 Å². The van der Waals surface area contributed by atoms with Crippen LogP contribution in [0.3, 0.4) is 0 Å². The number of halogens is 1. The predicted molar refractivity (Wildman–Crippen MR) is 67.9 cm³/mol. The molecule has 7 heteroatoms. The van der Waals surface area contributed by atoms with Crippen molar-refractivity contribution in [2.45, 2.75) is 6.04 Å². The van der Waals surface area contributed by atoms with E-state index in [9.17, 15) is 14.0 Å². The van der Waals surface area contributed by atoms with Gasteiger partial charge in [0.25, 0.3) is 0 Å². The molecule has 1 aliphatic rings. The van der Waals surface area contributed by atoms with Gasteiger partial charge >= 0.3 is 5.97 Å². The third-order valence-corrected chi connectivity index (χ3v) is 3.03. The minimum Gasteiger partial charge on any atom is -0.492 e. The van der Waals surface area contributed by atoms with Crippen LogP contribution in [0.25, 0.3) is 0 Å². The molecule has 0 aliphatic carbocycles. The van der Waals surface area contributed by atoms with E-state index in [1.807, 2.05) is 0 Å². The molecule has 1 atom stereocenters. The first-order valence-electron chi connectivity index (χ1n) is 6.18. The van der Waals surface area contributed by atoms with E-state index in [0.29, 0.717) is 12.3 Å². The summed E-state index contributed by atoms with van der Waals surface area (Å²) in [5.74, 6) is -1.04. The van der Waals surface area contributed by atoms with Crippen LogP contribution < -0.4 is 10.1 Å². The Balaban J connectivity index is 1.86. The molecule has 1 heterocycles. The van der Waals surface area contributed by atoms with E-state index in [1.54, 1.807) is 4.90 Å². The van der Waals surface area contributed by atoms with Crippen LogP contribution in [0, 0.1) is 5.82 Å². The zero-order valence-corrected chi connectivity index (χ0v) is 10.7. The molecule has 108 valence electrons. The van der Waals surface area contributed by atoms with Gasteiger partial charge in [0.15, 0.2) is 0 Å². The molecule has 20 heavy (non-hydrogen) atoms. The first-order valence-corrected chi connectivity index (χ1v) is 6.18. The topological polar surface area (TPSA) is 78.9 Å². The number of carboxylic acid groups (broad SMARTS) is 1. The summed E-state index contributed by atoms with van der Waals surface area (Å²) in [6.45, 7) is 0.652. The zero-order chi connectivity index (χ0) is 14.5. The molecular weight excluding hydrogens is 267 g/mol. The maximum absolute atomic E-state index is 12.7. The number of carbonyl (C=O) groups is 2. The van der Waals surface area contributed by atoms with Crippen molar-refractivity contribution in [1.82, 2.24) is 10.2 Å². The van der Waals surface area contributed by atoms with E-state index in [1.165, 1.54) is 24.3 Å². The summed E-state index contributed by atoms with van der Waals surface area (Å²) in [5.41, 5.74) is 0. The Hall–Kier alpha value is -2.15. The van der Waals surface area contributed by atoms with Gasteiger partial charge in [-0.15, -0.1) is 0 Å². The van der Waals surface area contributed by atoms with Crippen LogP contribution in [0.4, 0.5) is 4.39 Å². The SMILES string of the molecule is O=C1CN(CCOc2ccc(F)cc2)C(C(=O)O)CN1. The van der Waals surface area contributed by atoms with Crippen molar-refractivity contribution < 1.29 is 23.8 Å². The van der Waals surface area contributed by atoms with Crippen molar-refractivity contribution in [3.8, 4) is 5.75 Å². The lowest BCUT2D eigenvalue weighted by molar-refractivity contribution is -0.146. The van der Waals surface area contributed by atoms with Crippen LogP contribution in [0.1, 0.15) is 0 Å². The van der Waals surface area contributed by atoms with E-state index in [0.717, 1.165) is 0 Å². The number of piperazine rings is 1. The molecule has 1 saturated heterocycles. The lowest BCUT2D eigenvalue weighted by Gasteiger charge is -2.32. The van der Waals surface area contributed by atoms with Gasteiger partial charge < -0.3 is 15.2 Å². The number of hydrogen-bond donors (Lipinski definition) is 2. The number of nitrogens with zero attached hydrogens (tertiary/aromatic N) is 1. The van der Waals surface area contributed by atoms with Crippen LogP contribution >= 0.6 is 0 Å². The number of aliphatic carboxylic acids is 1. The molecule has 1 amide bonds. The van der Waals surface area contributed by atoms with Gasteiger partial charge in [-0.2, -0.15) is 0 Å². The number of amides is 1. The van der Waals surface area contributed by atoms with Gasteiger partial charge in [0.05, 0.1) is 6.54 Å². The quantitative estimate of drug-likeness (QED) is 0.800. The molecule has 0 aromatic heterocycles. The Morgan fingerprint density at radius 1 is 1.45 bits per heavy atom. The molecule has 1 aromatic carbocycles. The highest BCUT2D eigenvalue weighted by atomic mass is 19.1. The van der Waals surface area contributed by atoms with Crippen molar-refractivity contribution in [3.63, 3.8) is 0 Å². The Labute approximate surface area is 115 Å². The summed E-state index contributed by atoms with van der Waals surface area (Å²) in [6.07, 6.45) is 0. The smallest absolute Gasteiger partial charge is 0.322 e. The van der Waals surface area contributed by atoms with E-state index in [2.05, 4.69) is 5.32 Å². The molecule has 1 aromatic rings. The van der Waals surface area contributed by atoms with Gasteiger partial charge in [-0.3, -0.25) is 14.5 Å². The largest absolute Gasteiger partial charge is 0.492 e. The van der Waals surface area contributed by atoms with Gasteiger partial charge in [-0.25, -0.2) is 4.39 Å². The second-order valence-electron chi connectivity index (χ2n) is 4.43. The van der Waals surface area contributed by atoms with E-state index >= 15 is 0 Å². The minimum atomic E-state index is -0.980. The summed E-state index contributed by atoms with van der Waals surface area (Å²) in [7, 11) is 0. The average molecular weight is 282 g/mol. The average Bonchev–Trinajstić information content (AvgIpc) is 2.41. The van der Waals surface area contributed by atoms with Gasteiger partial charge in [0.2, 0.25) is 5.91 Å². The molecule has 6 nitrogen and oxygen atoms in total. The van der Waals surface area contributed by atoms with E-state index in [4.69, 9.17) is 9.84 Å². The standard InChI is InChI=1S/C13H15FN2O4/c14-9-1-3-10(4-2-9)20-6-5-16-8-12(17)15-7-11(16)13(18)19/h1-4,11H,5-8H2,(H,15,17)(H,18,19). The summed E-state index contributed by atoms with van der Waals surface area (Å²) in [6, 6.07) is 4.80. The number of ether oxygens (including phenoxy) is 1. The van der Waals surface area contributed by atoms with Crippen LogP contribution in [0.15, 0.2) is 24.3 Å². The monoisotopic (exact) mass is 282 g/mol. The third kappa shape index (κ3) is 3.67. The van der Waals surface area contributed by atoms with Gasteiger partial charge in [0.1, 0.15) is 24.2 Å². The first-order chi connectivity index (χ1) is 9.56. The molecule has 2 N–H and O–H groups in total. The molecule has 2 rings (SSSR count). The van der Waals surface area contributed by atoms with Crippen molar-refractivity contribution in [1.29, 1.82) is 0 Å². The fourth-order valence-corrected chi connectivity index (χ4v) is 1.98. The highest BCUT2D eigenvalue weighted by Crippen LogP contribution is 2.11. The van der Waals surface area contributed by atoms with E-state index in [-0.39, 0.29) is 31.4 Å². The van der Waals surface area contributed by atoms with Crippen LogP contribution in [-0.2, 0) is 9.59 Å². The number of nitrogens with one attached hydrogen (secondary N) is 1. The maximum Gasteiger partial charge on any atom is 0.322 e. The number of carbonyl (C=O) groups excluding carboxylic acids is 1. The molecular formula is C13H15FN2O4. The number of hydrogen-bond acceptors (Lipinski definition) is 4.